The molecule has 0 bridgehead atoms. The van der Waals surface area contributed by atoms with E-state index in [9.17, 15) is 22.8 Å². The number of fused-ring (bicyclic) bond motifs is 1. The van der Waals surface area contributed by atoms with E-state index in [0.717, 1.165) is 0 Å². The summed E-state index contributed by atoms with van der Waals surface area (Å²) in [6.07, 6.45) is -0.591. The summed E-state index contributed by atoms with van der Waals surface area (Å²) in [4.78, 5) is 30.5. The van der Waals surface area contributed by atoms with Gasteiger partial charge in [-0.25, -0.2) is 9.67 Å². The van der Waals surface area contributed by atoms with Crippen molar-refractivity contribution in [2.24, 2.45) is 0 Å². The molecule has 7 nitrogen and oxygen atoms in total. The lowest BCUT2D eigenvalue weighted by Crippen LogP contribution is -2.48. The Hall–Kier alpha value is -2.65. The molecule has 1 aliphatic heterocycles. The van der Waals surface area contributed by atoms with Crippen LogP contribution in [0.3, 0.4) is 0 Å². The Kier molecular flexibility index (Phi) is 5.07. The van der Waals surface area contributed by atoms with Crippen molar-refractivity contribution in [2.75, 3.05) is 13.1 Å². The summed E-state index contributed by atoms with van der Waals surface area (Å²) in [5.74, 6) is -1.22. The van der Waals surface area contributed by atoms with E-state index >= 15 is 0 Å². The van der Waals surface area contributed by atoms with Gasteiger partial charge in [0, 0.05) is 24.2 Å². The fourth-order valence-electron chi connectivity index (χ4n) is 3.19. The molecule has 1 unspecified atom stereocenters. The molecule has 1 aliphatic rings. The highest BCUT2D eigenvalue weighted by Crippen LogP contribution is 2.23. The third kappa shape index (κ3) is 4.04. The van der Waals surface area contributed by atoms with E-state index in [1.807, 2.05) is 19.2 Å². The lowest BCUT2D eigenvalue weighted by molar-refractivity contribution is -0.140. The second-order valence-electron chi connectivity index (χ2n) is 6.81. The predicted molar refractivity (Wildman–Crippen MR) is 91.0 cm³/mol. The van der Waals surface area contributed by atoms with Crippen LogP contribution in [0, 0.1) is 0 Å². The normalized spacial score (nSPS) is 17.7. The number of likely N-dealkylation sites (tertiary alicyclic amines) is 1. The summed E-state index contributed by atoms with van der Waals surface area (Å²) in [5.41, 5.74) is 0.920. The zero-order valence-corrected chi connectivity index (χ0v) is 15.0. The van der Waals surface area contributed by atoms with E-state index in [1.54, 1.807) is 16.9 Å². The van der Waals surface area contributed by atoms with Crippen LogP contribution in [0.1, 0.15) is 43.1 Å². The third-order valence-electron chi connectivity index (χ3n) is 4.45. The summed E-state index contributed by atoms with van der Waals surface area (Å²) in [5, 5.41) is 6.79. The minimum absolute atomic E-state index is 0.108. The van der Waals surface area contributed by atoms with E-state index in [4.69, 9.17) is 0 Å². The van der Waals surface area contributed by atoms with Crippen LogP contribution in [0.5, 0.6) is 0 Å². The molecule has 0 aliphatic carbocycles. The van der Waals surface area contributed by atoms with Crippen LogP contribution in [0.25, 0.3) is 11.0 Å². The topological polar surface area (TPSA) is 80.1 Å². The lowest BCUT2D eigenvalue weighted by atomic mass is 10.1. The summed E-state index contributed by atoms with van der Waals surface area (Å²) in [6, 6.07) is 0.838. The Morgan fingerprint density at radius 2 is 2.07 bits per heavy atom. The van der Waals surface area contributed by atoms with E-state index in [0.29, 0.717) is 30.4 Å². The highest BCUT2D eigenvalue weighted by Gasteiger charge is 2.36. The van der Waals surface area contributed by atoms with Crippen molar-refractivity contribution in [1.29, 1.82) is 0 Å². The molecule has 0 spiro atoms. The van der Waals surface area contributed by atoms with E-state index in [2.05, 4.69) is 10.1 Å². The molecule has 1 fully saturated rings. The largest absolute Gasteiger partial charge is 0.405 e. The van der Waals surface area contributed by atoms with Crippen LogP contribution in [0.4, 0.5) is 13.2 Å². The summed E-state index contributed by atoms with van der Waals surface area (Å²) in [6.45, 7) is 2.82. The van der Waals surface area contributed by atoms with Crippen molar-refractivity contribution in [3.63, 3.8) is 0 Å². The highest BCUT2D eigenvalue weighted by molar-refractivity contribution is 5.99. The number of hydrogen-bond acceptors (Lipinski definition) is 4. The van der Waals surface area contributed by atoms with Gasteiger partial charge in [-0.3, -0.25) is 9.59 Å². The fourth-order valence-corrected chi connectivity index (χ4v) is 3.19. The Morgan fingerprint density at radius 3 is 2.74 bits per heavy atom. The molecule has 146 valence electrons. The monoisotopic (exact) mass is 383 g/mol. The molecule has 10 heteroatoms. The van der Waals surface area contributed by atoms with Gasteiger partial charge in [-0.1, -0.05) is 0 Å². The van der Waals surface area contributed by atoms with Crippen LogP contribution < -0.4 is 5.32 Å². The van der Waals surface area contributed by atoms with Gasteiger partial charge in [-0.05, 0) is 32.8 Å². The number of nitrogens with zero attached hydrogens (tertiary/aromatic N) is 4. The maximum absolute atomic E-state index is 12.8. The van der Waals surface area contributed by atoms with Gasteiger partial charge in [-0.15, -0.1) is 0 Å². The molecule has 1 saturated heterocycles. The minimum atomic E-state index is -4.49. The van der Waals surface area contributed by atoms with Crippen molar-refractivity contribution in [3.8, 4) is 0 Å². The minimum Gasteiger partial charge on any atom is -0.345 e. The molecule has 2 aromatic rings. The van der Waals surface area contributed by atoms with Gasteiger partial charge in [0.15, 0.2) is 5.65 Å². The first kappa shape index (κ1) is 19.1. The van der Waals surface area contributed by atoms with E-state index in [1.165, 1.54) is 11.1 Å². The van der Waals surface area contributed by atoms with Crippen molar-refractivity contribution in [1.82, 2.24) is 25.0 Å². The van der Waals surface area contributed by atoms with E-state index < -0.39 is 30.6 Å². The number of alkyl halides is 3. The second-order valence-corrected chi connectivity index (χ2v) is 6.81. The maximum atomic E-state index is 12.8. The van der Waals surface area contributed by atoms with Crippen molar-refractivity contribution >= 4 is 22.8 Å². The molecule has 1 atom stereocenters. The number of hydrogen-bond donors (Lipinski definition) is 1. The summed E-state index contributed by atoms with van der Waals surface area (Å²) >= 11 is 0. The van der Waals surface area contributed by atoms with Gasteiger partial charge in [0.2, 0.25) is 5.91 Å². The zero-order chi connectivity index (χ0) is 19.8. The van der Waals surface area contributed by atoms with Crippen LogP contribution in [0.2, 0.25) is 0 Å². The zero-order valence-electron chi connectivity index (χ0n) is 15.0. The number of carbonyl (C=O) groups is 2. The molecular weight excluding hydrogens is 363 g/mol. The Balaban J connectivity index is 1.78. The standard InChI is InChI=1S/C17H20F3N5O2/c1-10(2)25-14-11(8-23-25)6-12(7-21-14)16(27)24-5-3-4-13(24)15(26)22-9-17(18,19)20/h6-8,10,13H,3-5,9H2,1-2H3,(H,22,26). The summed E-state index contributed by atoms with van der Waals surface area (Å²) < 4.78 is 38.7. The Bertz CT molecular complexity index is 862. The van der Waals surface area contributed by atoms with Crippen molar-refractivity contribution in [2.45, 2.75) is 44.9 Å². The second kappa shape index (κ2) is 7.16. The van der Waals surface area contributed by atoms with Crippen LogP contribution >= 0.6 is 0 Å². The number of pyridine rings is 1. The van der Waals surface area contributed by atoms with Gasteiger partial charge in [0.1, 0.15) is 12.6 Å². The number of aromatic nitrogens is 3. The lowest BCUT2D eigenvalue weighted by Gasteiger charge is -2.24. The number of amides is 2. The average Bonchev–Trinajstić information content (AvgIpc) is 3.24. The van der Waals surface area contributed by atoms with Gasteiger partial charge >= 0.3 is 6.18 Å². The number of halogens is 3. The SMILES string of the molecule is CC(C)n1ncc2cc(C(=O)N3CCCC3C(=O)NCC(F)(F)F)cnc21. The molecular formula is C17H20F3N5O2. The van der Waals surface area contributed by atoms with Crippen molar-refractivity contribution in [3.05, 3.63) is 24.0 Å². The van der Waals surface area contributed by atoms with Gasteiger partial charge in [0.05, 0.1) is 11.8 Å². The quantitative estimate of drug-likeness (QED) is 0.879. The van der Waals surface area contributed by atoms with Gasteiger partial charge in [-0.2, -0.15) is 18.3 Å². The molecule has 0 aromatic carbocycles. The third-order valence-corrected chi connectivity index (χ3v) is 4.45. The van der Waals surface area contributed by atoms with Crippen LogP contribution in [-0.4, -0.2) is 56.8 Å². The Labute approximate surface area is 153 Å². The van der Waals surface area contributed by atoms with Crippen LogP contribution in [-0.2, 0) is 4.79 Å². The number of nitrogens with one attached hydrogen (secondary N) is 1. The average molecular weight is 383 g/mol. The van der Waals surface area contributed by atoms with Gasteiger partial charge in [0.25, 0.3) is 5.91 Å². The molecule has 1 N–H and O–H groups in total. The molecule has 2 amide bonds. The number of carbonyl (C=O) groups excluding carboxylic acids is 2. The molecule has 27 heavy (non-hydrogen) atoms. The molecule has 3 heterocycles. The molecule has 0 saturated carbocycles. The fraction of sp³-hybridized carbons (Fsp3) is 0.529. The van der Waals surface area contributed by atoms with Crippen LogP contribution in [0.15, 0.2) is 18.5 Å². The van der Waals surface area contributed by atoms with Gasteiger partial charge < -0.3 is 10.2 Å². The first-order valence-corrected chi connectivity index (χ1v) is 8.66. The molecule has 2 aromatic heterocycles. The maximum Gasteiger partial charge on any atom is 0.405 e. The van der Waals surface area contributed by atoms with Crippen molar-refractivity contribution < 1.29 is 22.8 Å². The summed E-state index contributed by atoms with van der Waals surface area (Å²) in [7, 11) is 0. The molecule has 3 rings (SSSR count). The Morgan fingerprint density at radius 1 is 1.33 bits per heavy atom. The first-order valence-electron chi connectivity index (χ1n) is 8.66. The predicted octanol–water partition coefficient (Wildman–Crippen LogP) is 2.30. The first-order chi connectivity index (χ1) is 12.7. The highest BCUT2D eigenvalue weighted by atomic mass is 19.4. The van der Waals surface area contributed by atoms with E-state index in [-0.39, 0.29) is 11.6 Å². The smallest absolute Gasteiger partial charge is 0.345 e. The molecule has 0 radical (unpaired) electrons. The number of rotatable bonds is 4.